The van der Waals surface area contributed by atoms with E-state index in [1.807, 2.05) is 0 Å². The van der Waals surface area contributed by atoms with Crippen molar-refractivity contribution in [1.29, 1.82) is 0 Å². The number of hydrogen-bond acceptors (Lipinski definition) is 5. The van der Waals surface area contributed by atoms with Gasteiger partial charge in [-0.2, -0.15) is 0 Å². The maximum Gasteiger partial charge on any atom is 0.311 e. The van der Waals surface area contributed by atoms with E-state index in [2.05, 4.69) is 0 Å². The number of nitro groups is 1. The highest BCUT2D eigenvalue weighted by Crippen LogP contribution is 2.31. The molecule has 1 aliphatic carbocycles. The lowest BCUT2D eigenvalue weighted by Gasteiger charge is -2.23. The fourth-order valence-electron chi connectivity index (χ4n) is 2.38. The predicted molar refractivity (Wildman–Crippen MR) is 72.5 cm³/mol. The zero-order chi connectivity index (χ0) is 14.8. The lowest BCUT2D eigenvalue weighted by atomic mass is 10.0. The van der Waals surface area contributed by atoms with E-state index in [9.17, 15) is 14.9 Å². The molecule has 0 heterocycles. The summed E-state index contributed by atoms with van der Waals surface area (Å²) in [6, 6.07) is 3.91. The summed E-state index contributed by atoms with van der Waals surface area (Å²) in [6.07, 6.45) is 3.78. The van der Waals surface area contributed by atoms with Crippen LogP contribution in [0.3, 0.4) is 0 Å². The Kier molecular flexibility index (Phi) is 3.89. The Morgan fingerprint density at radius 1 is 1.40 bits per heavy atom. The maximum atomic E-state index is 11.0. The predicted octanol–water partition coefficient (Wildman–Crippen LogP) is 1.34. The number of hydrogen-bond donors (Lipinski definition) is 2. The van der Waals surface area contributed by atoms with Gasteiger partial charge in [-0.05, 0) is 25.0 Å². The Morgan fingerprint density at radius 2 is 2.05 bits per heavy atom. The van der Waals surface area contributed by atoms with Gasteiger partial charge in [0.2, 0.25) is 5.91 Å². The summed E-state index contributed by atoms with van der Waals surface area (Å²) in [4.78, 5) is 21.5. The van der Waals surface area contributed by atoms with E-state index in [1.54, 1.807) is 0 Å². The van der Waals surface area contributed by atoms with E-state index in [0.29, 0.717) is 0 Å². The van der Waals surface area contributed by atoms with Crippen molar-refractivity contribution >= 4 is 11.6 Å². The molecule has 1 amide bonds. The Hall–Kier alpha value is -2.15. The third-order valence-corrected chi connectivity index (χ3v) is 3.55. The number of nitrogens with zero attached hydrogens (tertiary/aromatic N) is 1. The molecule has 1 saturated carbocycles. The molecule has 0 atom stereocenters. The Morgan fingerprint density at radius 3 is 2.60 bits per heavy atom. The van der Waals surface area contributed by atoms with E-state index < -0.39 is 16.4 Å². The number of rotatable bonds is 5. The highest BCUT2D eigenvalue weighted by Gasteiger charge is 2.31. The van der Waals surface area contributed by atoms with Crippen LogP contribution in [0.4, 0.5) is 5.69 Å². The van der Waals surface area contributed by atoms with Crippen molar-refractivity contribution in [1.82, 2.24) is 0 Å². The zero-order valence-electron chi connectivity index (χ0n) is 11.0. The largest absolute Gasteiger partial charge is 0.485 e. The van der Waals surface area contributed by atoms with Crippen LogP contribution in [-0.4, -0.2) is 23.0 Å². The van der Waals surface area contributed by atoms with Crippen LogP contribution in [-0.2, 0) is 0 Å². The summed E-state index contributed by atoms with van der Waals surface area (Å²) < 4.78 is 5.50. The maximum absolute atomic E-state index is 11.0. The van der Waals surface area contributed by atoms with Crippen molar-refractivity contribution in [3.8, 4) is 5.75 Å². The molecule has 1 aromatic rings. The fourth-order valence-corrected chi connectivity index (χ4v) is 2.38. The van der Waals surface area contributed by atoms with Crippen molar-refractivity contribution in [2.75, 3.05) is 6.61 Å². The minimum absolute atomic E-state index is 0.0763. The Bertz CT molecular complexity index is 538. The number of ether oxygens (including phenoxy) is 1. The average molecular weight is 279 g/mol. The Balaban J connectivity index is 2.18. The van der Waals surface area contributed by atoms with Gasteiger partial charge in [-0.15, -0.1) is 0 Å². The molecule has 108 valence electrons. The number of primary amides is 1. The number of carbonyl (C=O) groups excluding carboxylic acids is 1. The molecule has 1 aromatic carbocycles. The van der Waals surface area contributed by atoms with Gasteiger partial charge in [-0.3, -0.25) is 14.9 Å². The zero-order valence-corrected chi connectivity index (χ0v) is 11.0. The van der Waals surface area contributed by atoms with E-state index in [4.69, 9.17) is 16.2 Å². The van der Waals surface area contributed by atoms with E-state index in [-0.39, 0.29) is 23.6 Å². The fraction of sp³-hybridized carbons (Fsp3) is 0.462. The summed E-state index contributed by atoms with van der Waals surface area (Å²) in [7, 11) is 0. The third kappa shape index (κ3) is 3.05. The molecular weight excluding hydrogens is 262 g/mol. The summed E-state index contributed by atoms with van der Waals surface area (Å²) >= 11 is 0. The summed E-state index contributed by atoms with van der Waals surface area (Å²) in [5.41, 5.74) is 10.6. The van der Waals surface area contributed by atoms with Gasteiger partial charge in [0.15, 0.2) is 5.75 Å². The minimum atomic E-state index is -0.717. The second-order valence-electron chi connectivity index (χ2n) is 5.16. The topological polar surface area (TPSA) is 121 Å². The van der Waals surface area contributed by atoms with Crippen LogP contribution in [0.15, 0.2) is 18.2 Å². The lowest BCUT2D eigenvalue weighted by Crippen LogP contribution is -2.42. The van der Waals surface area contributed by atoms with Gasteiger partial charge in [0.05, 0.1) is 10.5 Å². The van der Waals surface area contributed by atoms with E-state index in [1.165, 1.54) is 12.1 Å². The first-order valence-electron chi connectivity index (χ1n) is 6.41. The van der Waals surface area contributed by atoms with Gasteiger partial charge in [0.1, 0.15) is 6.61 Å². The number of nitrogens with two attached hydrogens (primary N) is 2. The lowest BCUT2D eigenvalue weighted by molar-refractivity contribution is -0.385. The standard InChI is InChI=1S/C13H17N3O4/c14-12(17)9-3-4-11(10(7-9)16(18)19)20-8-13(15)5-1-2-6-13/h3-4,7H,1-2,5-6,8,15H2,(H2,14,17). The number of amides is 1. The number of carbonyl (C=O) groups is 1. The van der Waals surface area contributed by atoms with Crippen molar-refractivity contribution < 1.29 is 14.5 Å². The van der Waals surface area contributed by atoms with E-state index >= 15 is 0 Å². The molecule has 0 aliphatic heterocycles. The molecule has 7 heteroatoms. The van der Waals surface area contributed by atoms with Crippen molar-refractivity contribution in [3.05, 3.63) is 33.9 Å². The molecular formula is C13H17N3O4. The van der Waals surface area contributed by atoms with Gasteiger partial charge < -0.3 is 16.2 Å². The smallest absolute Gasteiger partial charge is 0.311 e. The third-order valence-electron chi connectivity index (χ3n) is 3.55. The average Bonchev–Trinajstić information content (AvgIpc) is 2.83. The van der Waals surface area contributed by atoms with Crippen LogP contribution in [0, 0.1) is 10.1 Å². The molecule has 20 heavy (non-hydrogen) atoms. The first-order chi connectivity index (χ1) is 9.41. The summed E-state index contributed by atoms with van der Waals surface area (Å²) in [5, 5.41) is 11.0. The SMILES string of the molecule is NC(=O)c1ccc(OCC2(N)CCCC2)c([N+](=O)[O-])c1. The van der Waals surface area contributed by atoms with E-state index in [0.717, 1.165) is 31.7 Å². The molecule has 1 fully saturated rings. The normalized spacial score (nSPS) is 16.9. The second kappa shape index (κ2) is 5.46. The molecule has 0 radical (unpaired) electrons. The molecule has 1 aliphatic rings. The quantitative estimate of drug-likeness (QED) is 0.622. The monoisotopic (exact) mass is 279 g/mol. The van der Waals surface area contributed by atoms with Crippen LogP contribution in [0.5, 0.6) is 5.75 Å². The van der Waals surface area contributed by atoms with Crippen LogP contribution in [0.25, 0.3) is 0 Å². The number of nitro benzene ring substituents is 1. The van der Waals surface area contributed by atoms with Crippen molar-refractivity contribution in [3.63, 3.8) is 0 Å². The van der Waals surface area contributed by atoms with Gasteiger partial charge >= 0.3 is 5.69 Å². The molecule has 7 nitrogen and oxygen atoms in total. The Labute approximate surface area is 116 Å². The second-order valence-corrected chi connectivity index (χ2v) is 5.16. The van der Waals surface area contributed by atoms with Gasteiger partial charge in [-0.25, -0.2) is 0 Å². The summed E-state index contributed by atoms with van der Waals surface area (Å²) in [6.45, 7) is 0.226. The van der Waals surface area contributed by atoms with Crippen LogP contribution in [0.1, 0.15) is 36.0 Å². The number of benzene rings is 1. The summed E-state index contributed by atoms with van der Waals surface area (Å²) in [5.74, 6) is -0.609. The minimum Gasteiger partial charge on any atom is -0.485 e. The highest BCUT2D eigenvalue weighted by atomic mass is 16.6. The molecule has 0 spiro atoms. The van der Waals surface area contributed by atoms with Gasteiger partial charge in [0, 0.05) is 11.6 Å². The molecule has 0 unspecified atom stereocenters. The van der Waals surface area contributed by atoms with Crippen molar-refractivity contribution in [2.45, 2.75) is 31.2 Å². The first kappa shape index (κ1) is 14.3. The molecule has 0 saturated heterocycles. The van der Waals surface area contributed by atoms with Crippen LogP contribution < -0.4 is 16.2 Å². The molecule has 2 rings (SSSR count). The molecule has 0 bridgehead atoms. The van der Waals surface area contributed by atoms with Gasteiger partial charge in [-0.1, -0.05) is 12.8 Å². The highest BCUT2D eigenvalue weighted by molar-refractivity contribution is 5.93. The van der Waals surface area contributed by atoms with Crippen LogP contribution >= 0.6 is 0 Å². The van der Waals surface area contributed by atoms with Crippen molar-refractivity contribution in [2.24, 2.45) is 11.5 Å². The first-order valence-corrected chi connectivity index (χ1v) is 6.41. The van der Waals surface area contributed by atoms with Crippen LogP contribution in [0.2, 0.25) is 0 Å². The molecule has 4 N–H and O–H groups in total. The molecule has 0 aromatic heterocycles. The van der Waals surface area contributed by atoms with Gasteiger partial charge in [0.25, 0.3) is 0 Å².